The van der Waals surface area contributed by atoms with E-state index >= 15 is 0 Å². The third-order valence-electron chi connectivity index (χ3n) is 4.14. The number of carbonyl (C=O) groups is 3. The highest BCUT2D eigenvalue weighted by Crippen LogP contribution is 2.21. The molecule has 1 aliphatic rings. The summed E-state index contributed by atoms with van der Waals surface area (Å²) in [5.41, 5.74) is 1.26. The third kappa shape index (κ3) is 4.57. The Balaban J connectivity index is 1.91. The van der Waals surface area contributed by atoms with Crippen molar-refractivity contribution in [2.75, 3.05) is 25.0 Å². The van der Waals surface area contributed by atoms with Crippen molar-refractivity contribution in [3.05, 3.63) is 29.8 Å². The number of piperidine rings is 1. The van der Waals surface area contributed by atoms with Gasteiger partial charge in [-0.2, -0.15) is 0 Å². The number of anilines is 1. The number of ether oxygens (including phenoxy) is 1. The Morgan fingerprint density at radius 3 is 2.29 bits per heavy atom. The number of rotatable bonds is 5. The molecule has 2 rings (SSSR count). The molecular weight excluding hydrogens is 308 g/mol. The summed E-state index contributed by atoms with van der Waals surface area (Å²) in [5, 5.41) is 2.75. The van der Waals surface area contributed by atoms with Gasteiger partial charge >= 0.3 is 5.97 Å². The second-order valence-electron chi connectivity index (χ2n) is 5.80. The van der Waals surface area contributed by atoms with Gasteiger partial charge in [0.2, 0.25) is 5.91 Å². The van der Waals surface area contributed by atoms with Gasteiger partial charge in [-0.05, 0) is 44.0 Å². The van der Waals surface area contributed by atoms with Crippen LogP contribution in [0.4, 0.5) is 5.69 Å². The van der Waals surface area contributed by atoms with Gasteiger partial charge in [-0.15, -0.1) is 0 Å². The van der Waals surface area contributed by atoms with Crippen molar-refractivity contribution in [3.8, 4) is 0 Å². The molecule has 130 valence electrons. The maximum atomic E-state index is 12.5. The molecule has 1 aliphatic heterocycles. The first-order valence-corrected chi connectivity index (χ1v) is 8.41. The van der Waals surface area contributed by atoms with E-state index in [1.165, 1.54) is 0 Å². The zero-order valence-corrected chi connectivity index (χ0v) is 14.2. The molecule has 0 atom stereocenters. The highest BCUT2D eigenvalue weighted by Gasteiger charge is 2.28. The predicted molar refractivity (Wildman–Crippen MR) is 90.6 cm³/mol. The first kappa shape index (κ1) is 18.0. The summed E-state index contributed by atoms with van der Waals surface area (Å²) in [4.78, 5) is 37.4. The summed E-state index contributed by atoms with van der Waals surface area (Å²) in [6, 6.07) is 6.88. The van der Waals surface area contributed by atoms with Crippen LogP contribution in [-0.4, -0.2) is 42.4 Å². The lowest BCUT2D eigenvalue weighted by Gasteiger charge is -2.31. The normalized spacial score (nSPS) is 15.0. The van der Waals surface area contributed by atoms with E-state index in [2.05, 4.69) is 5.32 Å². The Bertz CT molecular complexity index is 590. The lowest BCUT2D eigenvalue weighted by atomic mass is 9.96. The molecule has 1 saturated heterocycles. The molecule has 1 N–H and O–H groups in total. The van der Waals surface area contributed by atoms with Crippen LogP contribution in [-0.2, 0) is 14.3 Å². The molecule has 0 unspecified atom stereocenters. The first-order chi connectivity index (χ1) is 11.5. The monoisotopic (exact) mass is 332 g/mol. The van der Waals surface area contributed by atoms with Crippen LogP contribution >= 0.6 is 0 Å². The van der Waals surface area contributed by atoms with Crippen molar-refractivity contribution in [2.45, 2.75) is 33.1 Å². The van der Waals surface area contributed by atoms with Gasteiger partial charge in [0.25, 0.3) is 5.91 Å². The van der Waals surface area contributed by atoms with Crippen LogP contribution in [0.1, 0.15) is 43.5 Å². The number of benzene rings is 1. The molecule has 0 aromatic heterocycles. The molecule has 6 nitrogen and oxygen atoms in total. The van der Waals surface area contributed by atoms with E-state index in [1.54, 1.807) is 43.0 Å². The third-order valence-corrected chi connectivity index (χ3v) is 4.14. The second-order valence-corrected chi connectivity index (χ2v) is 5.80. The first-order valence-electron chi connectivity index (χ1n) is 8.41. The molecule has 0 spiro atoms. The van der Waals surface area contributed by atoms with Gasteiger partial charge in [0.05, 0.1) is 12.5 Å². The summed E-state index contributed by atoms with van der Waals surface area (Å²) < 4.78 is 5.04. The van der Waals surface area contributed by atoms with Crippen molar-refractivity contribution in [3.63, 3.8) is 0 Å². The van der Waals surface area contributed by atoms with E-state index in [-0.39, 0.29) is 23.7 Å². The zero-order valence-electron chi connectivity index (χ0n) is 14.2. The van der Waals surface area contributed by atoms with Gasteiger partial charge in [0.15, 0.2) is 0 Å². The van der Waals surface area contributed by atoms with E-state index in [0.717, 1.165) is 0 Å². The van der Waals surface area contributed by atoms with Gasteiger partial charge in [0.1, 0.15) is 0 Å². The molecule has 0 aliphatic carbocycles. The number of nitrogens with one attached hydrogen (secondary N) is 1. The van der Waals surface area contributed by atoms with Crippen LogP contribution in [0.2, 0.25) is 0 Å². The second kappa shape index (κ2) is 8.47. The minimum atomic E-state index is -0.166. The van der Waals surface area contributed by atoms with Gasteiger partial charge in [-0.25, -0.2) is 0 Å². The standard InChI is InChI=1S/C18H24N2O4/c1-3-16(21)19-15-7-5-13(6-8-15)17(22)20-11-9-14(10-12-20)18(23)24-4-2/h5-8,14H,3-4,9-12H2,1-2H3,(H,19,21). The Labute approximate surface area is 142 Å². The number of amides is 2. The van der Waals surface area contributed by atoms with E-state index in [0.29, 0.717) is 50.2 Å². The molecule has 0 saturated carbocycles. The van der Waals surface area contributed by atoms with E-state index < -0.39 is 0 Å². The van der Waals surface area contributed by atoms with E-state index in [9.17, 15) is 14.4 Å². The fourth-order valence-corrected chi connectivity index (χ4v) is 2.71. The molecule has 1 heterocycles. The molecule has 1 fully saturated rings. The molecule has 6 heteroatoms. The summed E-state index contributed by atoms with van der Waals surface area (Å²) >= 11 is 0. The Morgan fingerprint density at radius 2 is 1.75 bits per heavy atom. The highest BCUT2D eigenvalue weighted by molar-refractivity contribution is 5.96. The molecule has 24 heavy (non-hydrogen) atoms. The van der Waals surface area contributed by atoms with Crippen LogP contribution in [0.15, 0.2) is 24.3 Å². The molecule has 2 amide bonds. The minimum absolute atomic E-state index is 0.0503. The Hall–Kier alpha value is -2.37. The maximum absolute atomic E-state index is 12.5. The van der Waals surface area contributed by atoms with Crippen molar-refractivity contribution in [1.82, 2.24) is 4.90 Å². The van der Waals surface area contributed by atoms with Crippen molar-refractivity contribution < 1.29 is 19.1 Å². The molecule has 1 aromatic carbocycles. The predicted octanol–water partition coefficient (Wildman–Crippen LogP) is 2.45. The summed E-state index contributed by atoms with van der Waals surface area (Å²) in [6.07, 6.45) is 1.68. The van der Waals surface area contributed by atoms with Gasteiger partial charge < -0.3 is 15.0 Å². The van der Waals surface area contributed by atoms with Crippen LogP contribution in [0.5, 0.6) is 0 Å². The number of likely N-dealkylation sites (tertiary alicyclic amines) is 1. The van der Waals surface area contributed by atoms with Crippen LogP contribution in [0.3, 0.4) is 0 Å². The van der Waals surface area contributed by atoms with Gasteiger partial charge in [0, 0.05) is 30.8 Å². The number of nitrogens with zero attached hydrogens (tertiary/aromatic N) is 1. The van der Waals surface area contributed by atoms with E-state index in [1.807, 2.05) is 0 Å². The van der Waals surface area contributed by atoms with Crippen LogP contribution in [0.25, 0.3) is 0 Å². The quantitative estimate of drug-likeness (QED) is 0.840. The Morgan fingerprint density at radius 1 is 1.12 bits per heavy atom. The Kier molecular flexibility index (Phi) is 6.35. The zero-order chi connectivity index (χ0) is 17.5. The molecular formula is C18H24N2O4. The minimum Gasteiger partial charge on any atom is -0.466 e. The van der Waals surface area contributed by atoms with Crippen molar-refractivity contribution in [2.24, 2.45) is 5.92 Å². The average molecular weight is 332 g/mol. The van der Waals surface area contributed by atoms with Crippen LogP contribution in [0, 0.1) is 5.92 Å². The van der Waals surface area contributed by atoms with Gasteiger partial charge in [-0.3, -0.25) is 14.4 Å². The lowest BCUT2D eigenvalue weighted by Crippen LogP contribution is -2.40. The highest BCUT2D eigenvalue weighted by atomic mass is 16.5. The number of esters is 1. The number of hydrogen-bond acceptors (Lipinski definition) is 4. The number of carbonyl (C=O) groups excluding carboxylic acids is 3. The SMILES string of the molecule is CCOC(=O)C1CCN(C(=O)c2ccc(NC(=O)CC)cc2)CC1. The topological polar surface area (TPSA) is 75.7 Å². The maximum Gasteiger partial charge on any atom is 0.309 e. The average Bonchev–Trinajstić information content (AvgIpc) is 2.62. The summed E-state index contributed by atoms with van der Waals surface area (Å²) in [6.45, 7) is 5.07. The van der Waals surface area contributed by atoms with Crippen LogP contribution < -0.4 is 5.32 Å². The largest absolute Gasteiger partial charge is 0.466 e. The molecule has 0 radical (unpaired) electrons. The summed E-state index contributed by atoms with van der Waals surface area (Å²) in [5.74, 6) is -0.387. The fraction of sp³-hybridized carbons (Fsp3) is 0.500. The van der Waals surface area contributed by atoms with Crippen molar-refractivity contribution in [1.29, 1.82) is 0 Å². The lowest BCUT2D eigenvalue weighted by molar-refractivity contribution is -0.149. The van der Waals surface area contributed by atoms with Crippen molar-refractivity contribution >= 4 is 23.5 Å². The fourth-order valence-electron chi connectivity index (χ4n) is 2.71. The smallest absolute Gasteiger partial charge is 0.309 e. The molecule has 0 bridgehead atoms. The number of hydrogen-bond donors (Lipinski definition) is 1. The molecule has 1 aromatic rings. The summed E-state index contributed by atoms with van der Waals surface area (Å²) in [7, 11) is 0. The van der Waals surface area contributed by atoms with Gasteiger partial charge in [-0.1, -0.05) is 6.92 Å². The van der Waals surface area contributed by atoms with E-state index in [4.69, 9.17) is 4.74 Å².